The molecule has 4 rings (SSSR count). The van der Waals surface area contributed by atoms with E-state index in [2.05, 4.69) is 5.32 Å². The van der Waals surface area contributed by atoms with Crippen molar-refractivity contribution < 1.29 is 13.9 Å². The fraction of sp³-hybridized carbons (Fsp3) is 0.429. The summed E-state index contributed by atoms with van der Waals surface area (Å²) in [4.78, 5) is 21.2. The summed E-state index contributed by atoms with van der Waals surface area (Å²) in [5.41, 5.74) is 2.23. The Morgan fingerprint density at radius 2 is 2.10 bits per heavy atom. The maximum Gasteiger partial charge on any atom is 0.265 e. The third-order valence-corrected chi connectivity index (χ3v) is 6.37. The number of aromatic nitrogens is 2. The lowest BCUT2D eigenvalue weighted by Crippen LogP contribution is -2.35. The van der Waals surface area contributed by atoms with Crippen molar-refractivity contribution in [1.29, 1.82) is 0 Å². The molecule has 8 heteroatoms. The number of carbonyl (C=O) groups is 1. The highest BCUT2D eigenvalue weighted by Gasteiger charge is 2.26. The Morgan fingerprint density at radius 1 is 1.31 bits per heavy atom. The van der Waals surface area contributed by atoms with Crippen molar-refractivity contribution in [2.45, 2.75) is 26.2 Å². The number of carbonyl (C=O) groups excluding carboxylic acids is 1. The number of hydrogen-bond acceptors (Lipinski definition) is 5. The van der Waals surface area contributed by atoms with Gasteiger partial charge in [0.1, 0.15) is 22.2 Å². The minimum Gasteiger partial charge on any atom is -0.383 e. The first kappa shape index (κ1) is 19.8. The molecule has 0 bridgehead atoms. The van der Waals surface area contributed by atoms with E-state index in [1.54, 1.807) is 13.2 Å². The molecular formula is C21H25FN4O2S. The van der Waals surface area contributed by atoms with Crippen molar-refractivity contribution in [2.75, 3.05) is 38.7 Å². The summed E-state index contributed by atoms with van der Waals surface area (Å²) < 4.78 is 20.9. The molecule has 1 N–H and O–H groups in total. The fourth-order valence-corrected chi connectivity index (χ4v) is 4.85. The SMILES string of the molecule is COCCNc1c(-c2cccc(F)c2)nc2sc(C(=O)N3CCCCC3)c(C)n12. The van der Waals surface area contributed by atoms with Gasteiger partial charge in [0.15, 0.2) is 4.96 Å². The van der Waals surface area contributed by atoms with E-state index in [-0.39, 0.29) is 11.7 Å². The molecule has 1 aliphatic heterocycles. The predicted molar refractivity (Wildman–Crippen MR) is 113 cm³/mol. The summed E-state index contributed by atoms with van der Waals surface area (Å²) in [5.74, 6) is 0.529. The summed E-state index contributed by atoms with van der Waals surface area (Å²) in [5, 5.41) is 3.36. The summed E-state index contributed by atoms with van der Waals surface area (Å²) in [6.07, 6.45) is 3.29. The van der Waals surface area contributed by atoms with Crippen LogP contribution in [0, 0.1) is 12.7 Å². The van der Waals surface area contributed by atoms with Crippen LogP contribution in [-0.2, 0) is 4.74 Å². The van der Waals surface area contributed by atoms with Crippen LogP contribution >= 0.6 is 11.3 Å². The number of amides is 1. The molecule has 0 spiro atoms. The second-order valence-electron chi connectivity index (χ2n) is 7.23. The molecule has 0 radical (unpaired) electrons. The molecule has 0 saturated carbocycles. The van der Waals surface area contributed by atoms with Gasteiger partial charge in [0.2, 0.25) is 0 Å². The zero-order chi connectivity index (χ0) is 20.4. The lowest BCUT2D eigenvalue weighted by Gasteiger charge is -2.26. The maximum atomic E-state index is 13.8. The molecule has 0 unspecified atom stereocenters. The second kappa shape index (κ2) is 8.51. The Balaban J connectivity index is 1.77. The average molecular weight is 417 g/mol. The van der Waals surface area contributed by atoms with Crippen LogP contribution in [0.15, 0.2) is 24.3 Å². The van der Waals surface area contributed by atoms with Gasteiger partial charge in [-0.05, 0) is 38.3 Å². The van der Waals surface area contributed by atoms with Crippen molar-refractivity contribution in [2.24, 2.45) is 0 Å². The quantitative estimate of drug-likeness (QED) is 0.612. The molecule has 1 aliphatic rings. The molecular weight excluding hydrogens is 391 g/mol. The number of piperidine rings is 1. The third-order valence-electron chi connectivity index (χ3n) is 5.24. The summed E-state index contributed by atoms with van der Waals surface area (Å²) in [6, 6.07) is 6.41. The van der Waals surface area contributed by atoms with Crippen molar-refractivity contribution in [3.8, 4) is 11.3 Å². The molecule has 154 valence electrons. The number of thiazole rings is 1. The highest BCUT2D eigenvalue weighted by atomic mass is 32.1. The van der Waals surface area contributed by atoms with Crippen molar-refractivity contribution in [3.63, 3.8) is 0 Å². The van der Waals surface area contributed by atoms with Crippen molar-refractivity contribution in [3.05, 3.63) is 40.7 Å². The van der Waals surface area contributed by atoms with E-state index >= 15 is 0 Å². The minimum atomic E-state index is -0.306. The van der Waals surface area contributed by atoms with Gasteiger partial charge in [0.25, 0.3) is 5.91 Å². The fourth-order valence-electron chi connectivity index (χ4n) is 3.76. The van der Waals surface area contributed by atoms with Crippen LogP contribution in [0.4, 0.5) is 10.2 Å². The number of halogens is 1. The molecule has 3 heterocycles. The van der Waals surface area contributed by atoms with Crippen LogP contribution in [0.25, 0.3) is 16.2 Å². The highest BCUT2D eigenvalue weighted by Crippen LogP contribution is 2.35. The zero-order valence-corrected chi connectivity index (χ0v) is 17.5. The van der Waals surface area contributed by atoms with Gasteiger partial charge < -0.3 is 15.0 Å². The Labute approximate surface area is 173 Å². The number of imidazole rings is 1. The first-order chi connectivity index (χ1) is 14.1. The van der Waals surface area contributed by atoms with Crippen molar-refractivity contribution in [1.82, 2.24) is 14.3 Å². The molecule has 3 aromatic rings. The van der Waals surface area contributed by atoms with Crippen LogP contribution in [0.3, 0.4) is 0 Å². The number of ether oxygens (including phenoxy) is 1. The molecule has 1 amide bonds. The number of rotatable bonds is 6. The molecule has 29 heavy (non-hydrogen) atoms. The number of aryl methyl sites for hydroxylation is 1. The van der Waals surface area contributed by atoms with E-state index in [4.69, 9.17) is 9.72 Å². The standard InChI is InChI=1S/C21H25FN4O2S/c1-14-18(20(27)25-10-4-3-5-11-25)29-21-24-17(15-7-6-8-16(22)13-15)19(26(14)21)23-9-12-28-2/h6-8,13,23H,3-5,9-12H2,1-2H3. The Hall–Kier alpha value is -2.45. The predicted octanol–water partition coefficient (Wildman–Crippen LogP) is 4.19. The van der Waals surface area contributed by atoms with Crippen LogP contribution < -0.4 is 5.32 Å². The topological polar surface area (TPSA) is 58.9 Å². The van der Waals surface area contributed by atoms with Crippen LogP contribution in [0.5, 0.6) is 0 Å². The normalized spacial score (nSPS) is 14.5. The number of anilines is 1. The number of nitrogens with zero attached hydrogens (tertiary/aromatic N) is 3. The van der Waals surface area contributed by atoms with Crippen LogP contribution in [-0.4, -0.2) is 53.5 Å². The molecule has 1 fully saturated rings. The number of methoxy groups -OCH3 is 1. The second-order valence-corrected chi connectivity index (χ2v) is 8.20. The third kappa shape index (κ3) is 3.86. The van der Waals surface area contributed by atoms with E-state index in [0.29, 0.717) is 24.4 Å². The summed E-state index contributed by atoms with van der Waals surface area (Å²) >= 11 is 1.39. The monoisotopic (exact) mass is 416 g/mol. The minimum absolute atomic E-state index is 0.0767. The Bertz CT molecular complexity index is 1020. The number of hydrogen-bond donors (Lipinski definition) is 1. The summed E-state index contributed by atoms with van der Waals surface area (Å²) in [6.45, 7) is 4.67. The van der Waals surface area contributed by atoms with Crippen LogP contribution in [0.2, 0.25) is 0 Å². The molecule has 0 aliphatic carbocycles. The van der Waals surface area contributed by atoms with Crippen LogP contribution in [0.1, 0.15) is 34.6 Å². The number of benzene rings is 1. The first-order valence-electron chi connectivity index (χ1n) is 9.90. The molecule has 1 saturated heterocycles. The zero-order valence-electron chi connectivity index (χ0n) is 16.7. The van der Waals surface area contributed by atoms with E-state index in [1.807, 2.05) is 22.3 Å². The molecule has 1 aromatic carbocycles. The summed E-state index contributed by atoms with van der Waals surface area (Å²) in [7, 11) is 1.65. The van der Waals surface area contributed by atoms with Gasteiger partial charge in [-0.25, -0.2) is 9.37 Å². The van der Waals surface area contributed by atoms with Gasteiger partial charge in [0.05, 0.1) is 6.61 Å². The lowest BCUT2D eigenvalue weighted by atomic mass is 10.1. The molecule has 0 atom stereocenters. The Kier molecular flexibility index (Phi) is 5.82. The van der Waals surface area contributed by atoms with E-state index in [9.17, 15) is 9.18 Å². The van der Waals surface area contributed by atoms with Gasteiger partial charge in [-0.1, -0.05) is 23.5 Å². The highest BCUT2D eigenvalue weighted by molar-refractivity contribution is 7.19. The van der Waals surface area contributed by atoms with Gasteiger partial charge in [0, 0.05) is 38.0 Å². The number of likely N-dealkylation sites (tertiary alicyclic amines) is 1. The van der Waals surface area contributed by atoms with E-state index < -0.39 is 0 Å². The molecule has 2 aromatic heterocycles. The van der Waals surface area contributed by atoms with Gasteiger partial charge in [-0.2, -0.15) is 0 Å². The first-order valence-corrected chi connectivity index (χ1v) is 10.7. The van der Waals surface area contributed by atoms with E-state index in [0.717, 1.165) is 47.3 Å². The van der Waals surface area contributed by atoms with Gasteiger partial charge in [-0.3, -0.25) is 9.20 Å². The largest absolute Gasteiger partial charge is 0.383 e. The maximum absolute atomic E-state index is 13.8. The Morgan fingerprint density at radius 3 is 2.83 bits per heavy atom. The van der Waals surface area contributed by atoms with Gasteiger partial charge in [-0.15, -0.1) is 0 Å². The number of fused-ring (bicyclic) bond motifs is 1. The average Bonchev–Trinajstić information content (AvgIpc) is 3.25. The van der Waals surface area contributed by atoms with Crippen molar-refractivity contribution >= 4 is 28.0 Å². The molecule has 6 nitrogen and oxygen atoms in total. The smallest absolute Gasteiger partial charge is 0.265 e. The van der Waals surface area contributed by atoms with Gasteiger partial charge >= 0.3 is 0 Å². The lowest BCUT2D eigenvalue weighted by molar-refractivity contribution is 0.0728. The number of nitrogens with one attached hydrogen (secondary N) is 1. The van der Waals surface area contributed by atoms with E-state index in [1.165, 1.54) is 29.9 Å².